The Hall–Kier alpha value is -1.59. The lowest BCUT2D eigenvalue weighted by Crippen LogP contribution is -2.19. The fourth-order valence-corrected chi connectivity index (χ4v) is 0.918. The SMILES string of the molecule is O/N=C/C(=Nc1ccc(Cl)cc1)NO. The molecule has 6 heteroatoms. The third kappa shape index (κ3) is 3.04. The van der Waals surface area contributed by atoms with Crippen LogP contribution in [0.1, 0.15) is 0 Å². The van der Waals surface area contributed by atoms with E-state index in [1.807, 2.05) is 0 Å². The van der Waals surface area contributed by atoms with E-state index in [1.165, 1.54) is 0 Å². The Morgan fingerprint density at radius 1 is 1.36 bits per heavy atom. The highest BCUT2D eigenvalue weighted by Crippen LogP contribution is 2.15. The largest absolute Gasteiger partial charge is 0.411 e. The fraction of sp³-hybridized carbons (Fsp3) is 0. The van der Waals surface area contributed by atoms with Gasteiger partial charge in [0.1, 0.15) is 6.21 Å². The second kappa shape index (κ2) is 5.21. The molecule has 5 nitrogen and oxygen atoms in total. The molecule has 0 unspecified atom stereocenters. The van der Waals surface area contributed by atoms with Gasteiger partial charge in [-0.1, -0.05) is 16.8 Å². The molecular formula is C8H8ClN3O2. The average molecular weight is 214 g/mol. The molecule has 0 fully saturated rings. The molecule has 0 radical (unpaired) electrons. The molecule has 0 bridgehead atoms. The van der Waals surface area contributed by atoms with E-state index in [0.717, 1.165) is 6.21 Å². The van der Waals surface area contributed by atoms with Crippen LogP contribution in [0, 0.1) is 0 Å². The normalized spacial score (nSPS) is 12.0. The first-order valence-electron chi connectivity index (χ1n) is 3.68. The van der Waals surface area contributed by atoms with Gasteiger partial charge in [0.2, 0.25) is 0 Å². The maximum absolute atomic E-state index is 8.56. The Morgan fingerprint density at radius 3 is 2.50 bits per heavy atom. The van der Waals surface area contributed by atoms with Crippen LogP contribution in [0.25, 0.3) is 0 Å². The number of oxime groups is 1. The predicted octanol–water partition coefficient (Wildman–Crippen LogP) is 1.81. The molecule has 74 valence electrons. The summed E-state index contributed by atoms with van der Waals surface area (Å²) in [7, 11) is 0. The molecule has 3 N–H and O–H groups in total. The number of rotatable bonds is 2. The highest BCUT2D eigenvalue weighted by atomic mass is 35.5. The number of halogens is 1. The lowest BCUT2D eigenvalue weighted by molar-refractivity contribution is 0.236. The predicted molar refractivity (Wildman–Crippen MR) is 53.7 cm³/mol. The van der Waals surface area contributed by atoms with Crippen molar-refractivity contribution in [2.75, 3.05) is 0 Å². The van der Waals surface area contributed by atoms with Crippen LogP contribution in [0.4, 0.5) is 5.69 Å². The van der Waals surface area contributed by atoms with E-state index >= 15 is 0 Å². The minimum Gasteiger partial charge on any atom is -0.411 e. The van der Waals surface area contributed by atoms with Crippen molar-refractivity contribution in [3.05, 3.63) is 29.3 Å². The highest BCUT2D eigenvalue weighted by Gasteiger charge is 1.94. The second-order valence-corrected chi connectivity index (χ2v) is 2.77. The number of benzene rings is 1. The molecule has 0 aliphatic carbocycles. The molecule has 0 aromatic heterocycles. The lowest BCUT2D eigenvalue weighted by atomic mass is 10.3. The third-order valence-electron chi connectivity index (χ3n) is 1.37. The molecule has 0 saturated carbocycles. The zero-order valence-corrected chi connectivity index (χ0v) is 7.81. The Bertz CT molecular complexity index is 348. The van der Waals surface area contributed by atoms with E-state index < -0.39 is 0 Å². The minimum absolute atomic E-state index is 0.0230. The number of nitrogens with zero attached hydrogens (tertiary/aromatic N) is 2. The van der Waals surface area contributed by atoms with E-state index in [4.69, 9.17) is 22.0 Å². The molecule has 1 aromatic carbocycles. The molecule has 1 aromatic rings. The van der Waals surface area contributed by atoms with Gasteiger partial charge in [0.25, 0.3) is 0 Å². The Labute approximate surface area is 85.3 Å². The van der Waals surface area contributed by atoms with Crippen LogP contribution in [0.3, 0.4) is 0 Å². The van der Waals surface area contributed by atoms with Gasteiger partial charge in [0, 0.05) is 5.02 Å². The summed E-state index contributed by atoms with van der Waals surface area (Å²) < 4.78 is 0. The van der Waals surface area contributed by atoms with Gasteiger partial charge in [-0.2, -0.15) is 0 Å². The number of aliphatic imine (C=N–C) groups is 1. The highest BCUT2D eigenvalue weighted by molar-refractivity contribution is 6.31. The van der Waals surface area contributed by atoms with Crippen LogP contribution in [0.2, 0.25) is 5.02 Å². The number of hydroxylamine groups is 1. The van der Waals surface area contributed by atoms with Gasteiger partial charge in [-0.3, -0.25) is 10.7 Å². The summed E-state index contributed by atoms with van der Waals surface area (Å²) in [6, 6.07) is 6.63. The first-order valence-corrected chi connectivity index (χ1v) is 4.06. The Morgan fingerprint density at radius 2 is 2.00 bits per heavy atom. The van der Waals surface area contributed by atoms with Crippen LogP contribution in [-0.4, -0.2) is 22.5 Å². The maximum Gasteiger partial charge on any atom is 0.172 e. The summed E-state index contributed by atoms with van der Waals surface area (Å²) >= 11 is 5.66. The van der Waals surface area contributed by atoms with Crippen molar-refractivity contribution in [1.82, 2.24) is 5.48 Å². The first kappa shape index (κ1) is 10.5. The van der Waals surface area contributed by atoms with Crippen LogP contribution >= 0.6 is 11.6 Å². The molecular weight excluding hydrogens is 206 g/mol. The van der Waals surface area contributed by atoms with Crippen LogP contribution < -0.4 is 5.48 Å². The standard InChI is InChI=1S/C8H8ClN3O2/c9-6-1-3-7(4-2-6)11-8(12-14)5-10-13/h1-5,13-14H,(H,11,12)/b10-5+. The molecule has 0 heterocycles. The third-order valence-corrected chi connectivity index (χ3v) is 1.62. The van der Waals surface area contributed by atoms with E-state index in [2.05, 4.69) is 10.1 Å². The zero-order valence-electron chi connectivity index (χ0n) is 7.05. The van der Waals surface area contributed by atoms with E-state index in [1.54, 1.807) is 29.7 Å². The monoisotopic (exact) mass is 213 g/mol. The van der Waals surface area contributed by atoms with Crippen molar-refractivity contribution in [1.29, 1.82) is 0 Å². The van der Waals surface area contributed by atoms with Crippen molar-refractivity contribution < 1.29 is 10.4 Å². The number of amidine groups is 1. The number of hydrogen-bond acceptors (Lipinski definition) is 4. The summed E-state index contributed by atoms with van der Waals surface area (Å²) in [6.07, 6.45) is 0.967. The molecule has 0 aliphatic rings. The fourth-order valence-electron chi connectivity index (χ4n) is 0.792. The van der Waals surface area contributed by atoms with Gasteiger partial charge in [-0.05, 0) is 24.3 Å². The smallest absolute Gasteiger partial charge is 0.172 e. The Balaban J connectivity index is 2.89. The minimum atomic E-state index is 0.0230. The summed E-state index contributed by atoms with van der Waals surface area (Å²) in [5.41, 5.74) is 2.35. The van der Waals surface area contributed by atoms with E-state index in [0.29, 0.717) is 10.7 Å². The van der Waals surface area contributed by atoms with Gasteiger partial charge in [0.05, 0.1) is 5.69 Å². The molecule has 0 saturated heterocycles. The summed E-state index contributed by atoms with van der Waals surface area (Å²) in [6.45, 7) is 0. The van der Waals surface area contributed by atoms with Crippen LogP contribution in [-0.2, 0) is 0 Å². The Kier molecular flexibility index (Phi) is 3.90. The lowest BCUT2D eigenvalue weighted by Gasteiger charge is -1.97. The summed E-state index contributed by atoms with van der Waals surface area (Å²) in [5, 5.41) is 20.1. The van der Waals surface area contributed by atoms with Gasteiger partial charge in [0.15, 0.2) is 5.84 Å². The van der Waals surface area contributed by atoms with Crippen molar-refractivity contribution in [2.24, 2.45) is 10.1 Å². The van der Waals surface area contributed by atoms with Crippen LogP contribution in [0.15, 0.2) is 34.4 Å². The van der Waals surface area contributed by atoms with Crippen molar-refractivity contribution >= 4 is 29.3 Å². The average Bonchev–Trinajstić information content (AvgIpc) is 2.20. The van der Waals surface area contributed by atoms with Crippen LogP contribution in [0.5, 0.6) is 0 Å². The number of hydrogen-bond donors (Lipinski definition) is 3. The molecule has 1 rings (SSSR count). The summed E-state index contributed by atoms with van der Waals surface area (Å²) in [5.74, 6) is 0.0230. The van der Waals surface area contributed by atoms with Crippen molar-refractivity contribution in [3.63, 3.8) is 0 Å². The molecule has 14 heavy (non-hydrogen) atoms. The zero-order chi connectivity index (χ0) is 10.4. The van der Waals surface area contributed by atoms with E-state index in [-0.39, 0.29) is 5.84 Å². The molecule has 0 atom stereocenters. The van der Waals surface area contributed by atoms with Gasteiger partial charge >= 0.3 is 0 Å². The van der Waals surface area contributed by atoms with Crippen molar-refractivity contribution in [2.45, 2.75) is 0 Å². The summed E-state index contributed by atoms with van der Waals surface area (Å²) in [4.78, 5) is 3.90. The molecule has 0 amide bonds. The van der Waals surface area contributed by atoms with Gasteiger partial charge in [-0.15, -0.1) is 0 Å². The quantitative estimate of drug-likeness (QED) is 0.304. The second-order valence-electron chi connectivity index (χ2n) is 2.33. The first-order chi connectivity index (χ1) is 6.76. The maximum atomic E-state index is 8.56. The topological polar surface area (TPSA) is 77.2 Å². The van der Waals surface area contributed by atoms with Crippen molar-refractivity contribution in [3.8, 4) is 0 Å². The number of nitrogens with one attached hydrogen (secondary N) is 1. The van der Waals surface area contributed by atoms with E-state index in [9.17, 15) is 0 Å². The molecule has 0 aliphatic heterocycles. The molecule has 0 spiro atoms. The van der Waals surface area contributed by atoms with Gasteiger partial charge in [-0.25, -0.2) is 4.99 Å². The van der Waals surface area contributed by atoms with Gasteiger partial charge < -0.3 is 5.21 Å².